The highest BCUT2D eigenvalue weighted by molar-refractivity contribution is 6.04. The molecule has 2 aromatic carbocycles. The van der Waals surface area contributed by atoms with E-state index >= 15 is 0 Å². The number of nitrogen functional groups attached to an aromatic ring is 1. The molecule has 0 unspecified atom stereocenters. The Bertz CT molecular complexity index is 632. The highest BCUT2D eigenvalue weighted by Crippen LogP contribution is 2.19. The zero-order chi connectivity index (χ0) is 15.4. The van der Waals surface area contributed by atoms with Gasteiger partial charge in [-0.15, -0.1) is 0 Å². The van der Waals surface area contributed by atoms with Crippen molar-refractivity contribution in [2.75, 3.05) is 42.3 Å². The zero-order valence-corrected chi connectivity index (χ0v) is 12.3. The van der Waals surface area contributed by atoms with Crippen molar-refractivity contribution in [2.45, 2.75) is 0 Å². The van der Waals surface area contributed by atoms with Gasteiger partial charge in [-0.25, -0.2) is 0 Å². The van der Waals surface area contributed by atoms with Crippen molar-refractivity contribution in [3.63, 3.8) is 0 Å². The van der Waals surface area contributed by atoms with Gasteiger partial charge >= 0.3 is 0 Å². The fourth-order valence-corrected chi connectivity index (χ4v) is 2.41. The van der Waals surface area contributed by atoms with Gasteiger partial charge < -0.3 is 20.7 Å². The number of amides is 1. The van der Waals surface area contributed by atoms with Gasteiger partial charge in [-0.2, -0.15) is 0 Å². The lowest BCUT2D eigenvalue weighted by molar-refractivity contribution is 0.102. The largest absolute Gasteiger partial charge is 0.399 e. The molecule has 114 valence electrons. The van der Waals surface area contributed by atoms with E-state index in [-0.39, 0.29) is 5.91 Å². The maximum absolute atomic E-state index is 12.1. The van der Waals surface area contributed by atoms with Gasteiger partial charge in [-0.1, -0.05) is 0 Å². The maximum Gasteiger partial charge on any atom is 0.255 e. The molecule has 0 radical (unpaired) electrons. The molecule has 0 atom stereocenters. The highest BCUT2D eigenvalue weighted by Gasteiger charge is 2.11. The van der Waals surface area contributed by atoms with E-state index in [1.165, 1.54) is 0 Å². The van der Waals surface area contributed by atoms with Gasteiger partial charge in [-0.05, 0) is 48.5 Å². The summed E-state index contributed by atoms with van der Waals surface area (Å²) >= 11 is 0. The fraction of sp³-hybridized carbons (Fsp3) is 0.235. The van der Waals surface area contributed by atoms with Gasteiger partial charge in [0.2, 0.25) is 0 Å². The van der Waals surface area contributed by atoms with Crippen LogP contribution >= 0.6 is 0 Å². The first-order valence-electron chi connectivity index (χ1n) is 7.32. The number of nitrogens with zero attached hydrogens (tertiary/aromatic N) is 1. The number of ether oxygens (including phenoxy) is 1. The van der Waals surface area contributed by atoms with E-state index in [0.29, 0.717) is 11.3 Å². The van der Waals surface area contributed by atoms with Gasteiger partial charge in [0.1, 0.15) is 0 Å². The molecule has 0 saturated carbocycles. The molecular formula is C17H19N3O2. The monoisotopic (exact) mass is 297 g/mol. The molecule has 2 aromatic rings. The quantitative estimate of drug-likeness (QED) is 0.853. The molecule has 0 bridgehead atoms. The van der Waals surface area contributed by atoms with Crippen molar-refractivity contribution in [1.82, 2.24) is 0 Å². The van der Waals surface area contributed by atoms with Crippen molar-refractivity contribution in [3.05, 3.63) is 54.1 Å². The first-order chi connectivity index (χ1) is 10.7. The fourth-order valence-electron chi connectivity index (χ4n) is 2.41. The molecule has 1 amide bonds. The minimum Gasteiger partial charge on any atom is -0.399 e. The van der Waals surface area contributed by atoms with Crippen LogP contribution in [0.1, 0.15) is 10.4 Å². The molecule has 22 heavy (non-hydrogen) atoms. The topological polar surface area (TPSA) is 67.6 Å². The second kappa shape index (κ2) is 6.49. The van der Waals surface area contributed by atoms with E-state index in [9.17, 15) is 4.79 Å². The van der Waals surface area contributed by atoms with E-state index in [0.717, 1.165) is 37.7 Å². The number of nitrogens with two attached hydrogens (primary N) is 1. The molecule has 0 aromatic heterocycles. The van der Waals surface area contributed by atoms with Gasteiger partial charge in [0.25, 0.3) is 5.91 Å². The Kier molecular flexibility index (Phi) is 4.25. The Hall–Kier alpha value is -2.53. The third kappa shape index (κ3) is 3.38. The molecule has 0 spiro atoms. The van der Waals surface area contributed by atoms with Crippen LogP contribution in [0.5, 0.6) is 0 Å². The second-order valence-electron chi connectivity index (χ2n) is 5.22. The SMILES string of the molecule is Nc1ccc(C(=O)Nc2ccc(N3CCOCC3)cc2)cc1. The lowest BCUT2D eigenvalue weighted by atomic mass is 10.2. The van der Waals surface area contributed by atoms with Crippen molar-refractivity contribution in [3.8, 4) is 0 Å². The number of carbonyl (C=O) groups excluding carboxylic acids is 1. The number of morpholine rings is 1. The Morgan fingerprint density at radius 1 is 1.00 bits per heavy atom. The molecule has 5 heteroatoms. The van der Waals surface area contributed by atoms with E-state index in [4.69, 9.17) is 10.5 Å². The summed E-state index contributed by atoms with van der Waals surface area (Å²) in [7, 11) is 0. The van der Waals surface area contributed by atoms with Gasteiger partial charge in [0.05, 0.1) is 13.2 Å². The minimum atomic E-state index is -0.140. The summed E-state index contributed by atoms with van der Waals surface area (Å²) in [5.41, 5.74) is 8.78. The number of hydrogen-bond donors (Lipinski definition) is 2. The van der Waals surface area contributed by atoms with Crippen molar-refractivity contribution in [1.29, 1.82) is 0 Å². The summed E-state index contributed by atoms with van der Waals surface area (Å²) in [5, 5.41) is 2.88. The van der Waals surface area contributed by atoms with E-state index in [1.54, 1.807) is 24.3 Å². The third-order valence-electron chi connectivity index (χ3n) is 3.67. The number of anilines is 3. The number of benzene rings is 2. The lowest BCUT2D eigenvalue weighted by Crippen LogP contribution is -2.36. The van der Waals surface area contributed by atoms with E-state index < -0.39 is 0 Å². The molecule has 3 rings (SSSR count). The summed E-state index contributed by atoms with van der Waals surface area (Å²) in [4.78, 5) is 14.4. The summed E-state index contributed by atoms with van der Waals surface area (Å²) in [6.07, 6.45) is 0. The molecule has 0 aliphatic carbocycles. The lowest BCUT2D eigenvalue weighted by Gasteiger charge is -2.28. The standard InChI is InChI=1S/C17H19N3O2/c18-14-3-1-13(2-4-14)17(21)19-15-5-7-16(8-6-15)20-9-11-22-12-10-20/h1-8H,9-12,18H2,(H,19,21). The first kappa shape index (κ1) is 14.4. The van der Waals surface area contributed by atoms with Crippen LogP contribution in [-0.4, -0.2) is 32.2 Å². The van der Waals surface area contributed by atoms with Crippen LogP contribution in [0.15, 0.2) is 48.5 Å². The first-order valence-corrected chi connectivity index (χ1v) is 7.32. The number of hydrogen-bond acceptors (Lipinski definition) is 4. The van der Waals surface area contributed by atoms with Crippen LogP contribution in [0.2, 0.25) is 0 Å². The van der Waals surface area contributed by atoms with Gasteiger partial charge in [0, 0.05) is 35.7 Å². The Morgan fingerprint density at radius 3 is 2.27 bits per heavy atom. The van der Waals surface area contributed by atoms with Gasteiger partial charge in [0.15, 0.2) is 0 Å². The number of rotatable bonds is 3. The average Bonchev–Trinajstić information content (AvgIpc) is 2.57. The zero-order valence-electron chi connectivity index (χ0n) is 12.3. The van der Waals surface area contributed by atoms with Crippen molar-refractivity contribution < 1.29 is 9.53 Å². The summed E-state index contributed by atoms with van der Waals surface area (Å²) < 4.78 is 5.35. The third-order valence-corrected chi connectivity index (χ3v) is 3.67. The smallest absolute Gasteiger partial charge is 0.255 e. The van der Waals surface area contributed by atoms with Crippen LogP contribution in [-0.2, 0) is 4.74 Å². The molecule has 1 aliphatic heterocycles. The van der Waals surface area contributed by atoms with Crippen molar-refractivity contribution >= 4 is 23.0 Å². The predicted molar refractivity (Wildman–Crippen MR) is 88.3 cm³/mol. The summed E-state index contributed by atoms with van der Waals surface area (Å²) in [5.74, 6) is -0.140. The predicted octanol–water partition coefficient (Wildman–Crippen LogP) is 2.36. The molecule has 1 fully saturated rings. The van der Waals surface area contributed by atoms with E-state index in [2.05, 4.69) is 10.2 Å². The normalized spacial score (nSPS) is 14.6. The Labute approximate surface area is 129 Å². The van der Waals surface area contributed by atoms with Crippen LogP contribution < -0.4 is 16.0 Å². The molecule has 1 heterocycles. The van der Waals surface area contributed by atoms with Crippen molar-refractivity contribution in [2.24, 2.45) is 0 Å². The highest BCUT2D eigenvalue weighted by atomic mass is 16.5. The summed E-state index contributed by atoms with van der Waals surface area (Å²) in [6.45, 7) is 3.32. The van der Waals surface area contributed by atoms with Crippen LogP contribution in [0.25, 0.3) is 0 Å². The summed E-state index contributed by atoms with van der Waals surface area (Å²) in [6, 6.07) is 14.7. The number of carbonyl (C=O) groups is 1. The van der Waals surface area contributed by atoms with Crippen LogP contribution in [0.4, 0.5) is 17.1 Å². The second-order valence-corrected chi connectivity index (χ2v) is 5.22. The molecule has 3 N–H and O–H groups in total. The average molecular weight is 297 g/mol. The molecular weight excluding hydrogens is 278 g/mol. The van der Waals surface area contributed by atoms with Crippen LogP contribution in [0, 0.1) is 0 Å². The van der Waals surface area contributed by atoms with Crippen LogP contribution in [0.3, 0.4) is 0 Å². The Morgan fingerprint density at radius 2 is 1.64 bits per heavy atom. The Balaban J connectivity index is 1.65. The number of nitrogens with one attached hydrogen (secondary N) is 1. The maximum atomic E-state index is 12.1. The minimum absolute atomic E-state index is 0.140. The molecule has 1 aliphatic rings. The molecule has 1 saturated heterocycles. The van der Waals surface area contributed by atoms with E-state index in [1.807, 2.05) is 24.3 Å². The van der Waals surface area contributed by atoms with Gasteiger partial charge in [-0.3, -0.25) is 4.79 Å². The molecule has 5 nitrogen and oxygen atoms in total.